The third-order valence-corrected chi connectivity index (χ3v) is 4.98. The zero-order chi connectivity index (χ0) is 19.2. The lowest BCUT2D eigenvalue weighted by molar-refractivity contribution is 0.102. The number of para-hydroxylation sites is 1. The number of carbonyl (C=O) groups is 1. The van der Waals surface area contributed by atoms with Crippen molar-refractivity contribution in [1.29, 1.82) is 0 Å². The first-order valence-electron chi connectivity index (χ1n) is 9.61. The number of anilines is 2. The Morgan fingerprint density at radius 3 is 2.29 bits per heavy atom. The highest BCUT2D eigenvalue weighted by atomic mass is 16.1. The molecule has 2 aromatic carbocycles. The molecule has 1 N–H and O–H groups in total. The van der Waals surface area contributed by atoms with Gasteiger partial charge in [0.15, 0.2) is 0 Å². The highest BCUT2D eigenvalue weighted by Crippen LogP contribution is 2.17. The molecule has 1 aliphatic rings. The average molecular weight is 372 g/mol. The summed E-state index contributed by atoms with van der Waals surface area (Å²) in [5.74, 6) is 0.748. The zero-order valence-electron chi connectivity index (χ0n) is 15.8. The molecular weight excluding hydrogens is 348 g/mol. The van der Waals surface area contributed by atoms with Crippen molar-refractivity contribution in [2.75, 3.05) is 36.4 Å². The molecule has 1 fully saturated rings. The standard InChI is InChI=1S/C23H24N4O/c28-23(25-21-9-5-2-6-10-21)20-11-12-24-22(17-20)27-15-13-26(14-16-27)18-19-7-3-1-4-8-19/h1-12,17H,13-16,18H2,(H,25,28). The number of benzene rings is 2. The van der Waals surface area contributed by atoms with Crippen LogP contribution in [0.4, 0.5) is 11.5 Å². The second kappa shape index (κ2) is 8.67. The van der Waals surface area contributed by atoms with Crippen LogP contribution in [0, 0.1) is 0 Å². The van der Waals surface area contributed by atoms with Crippen LogP contribution in [0.5, 0.6) is 0 Å². The fourth-order valence-electron chi connectivity index (χ4n) is 3.43. The van der Waals surface area contributed by atoms with Crippen molar-refractivity contribution < 1.29 is 4.79 Å². The van der Waals surface area contributed by atoms with Gasteiger partial charge in [0.05, 0.1) is 0 Å². The lowest BCUT2D eigenvalue weighted by Gasteiger charge is -2.35. The minimum Gasteiger partial charge on any atom is -0.354 e. The Morgan fingerprint density at radius 1 is 0.893 bits per heavy atom. The van der Waals surface area contributed by atoms with Crippen LogP contribution in [0.25, 0.3) is 0 Å². The van der Waals surface area contributed by atoms with Gasteiger partial charge in [0, 0.05) is 50.2 Å². The van der Waals surface area contributed by atoms with Gasteiger partial charge >= 0.3 is 0 Å². The summed E-state index contributed by atoms with van der Waals surface area (Å²) < 4.78 is 0. The molecule has 0 atom stereocenters. The van der Waals surface area contributed by atoms with Crippen molar-refractivity contribution in [3.63, 3.8) is 0 Å². The largest absolute Gasteiger partial charge is 0.354 e. The minimum absolute atomic E-state index is 0.113. The maximum Gasteiger partial charge on any atom is 0.255 e. The maximum absolute atomic E-state index is 12.5. The summed E-state index contributed by atoms with van der Waals surface area (Å²) in [6.45, 7) is 4.75. The molecular formula is C23H24N4O. The lowest BCUT2D eigenvalue weighted by Crippen LogP contribution is -2.46. The van der Waals surface area contributed by atoms with Crippen molar-refractivity contribution in [2.45, 2.75) is 6.54 Å². The molecule has 142 valence electrons. The molecule has 1 saturated heterocycles. The normalized spacial score (nSPS) is 14.6. The summed E-state index contributed by atoms with van der Waals surface area (Å²) in [5.41, 5.74) is 2.76. The first kappa shape index (κ1) is 18.2. The van der Waals surface area contributed by atoms with Gasteiger partial charge in [-0.1, -0.05) is 48.5 Å². The Labute approximate surface area is 165 Å². The van der Waals surface area contributed by atoms with Crippen molar-refractivity contribution in [3.8, 4) is 0 Å². The predicted octanol–water partition coefficient (Wildman–Crippen LogP) is 3.66. The predicted molar refractivity (Wildman–Crippen MR) is 113 cm³/mol. The van der Waals surface area contributed by atoms with E-state index >= 15 is 0 Å². The number of rotatable bonds is 5. The molecule has 2 heterocycles. The minimum atomic E-state index is -0.113. The van der Waals surface area contributed by atoms with Crippen molar-refractivity contribution >= 4 is 17.4 Å². The van der Waals surface area contributed by atoms with Gasteiger partial charge in [0.25, 0.3) is 5.91 Å². The van der Waals surface area contributed by atoms with E-state index in [1.54, 1.807) is 12.3 Å². The summed E-state index contributed by atoms with van der Waals surface area (Å²) in [5, 5.41) is 2.93. The first-order chi connectivity index (χ1) is 13.8. The monoisotopic (exact) mass is 372 g/mol. The van der Waals surface area contributed by atoms with Gasteiger partial charge < -0.3 is 10.2 Å². The van der Waals surface area contributed by atoms with Gasteiger partial charge in [0.2, 0.25) is 0 Å². The van der Waals surface area contributed by atoms with E-state index in [1.807, 2.05) is 42.5 Å². The van der Waals surface area contributed by atoms with E-state index in [9.17, 15) is 4.79 Å². The second-order valence-electron chi connectivity index (χ2n) is 6.97. The van der Waals surface area contributed by atoms with Crippen LogP contribution in [0.2, 0.25) is 0 Å². The van der Waals surface area contributed by atoms with Gasteiger partial charge in [0.1, 0.15) is 5.82 Å². The van der Waals surface area contributed by atoms with E-state index in [4.69, 9.17) is 0 Å². The summed E-state index contributed by atoms with van der Waals surface area (Å²) in [7, 11) is 0. The van der Waals surface area contributed by atoms with Gasteiger partial charge in [-0.2, -0.15) is 0 Å². The van der Waals surface area contributed by atoms with Crippen LogP contribution in [0.3, 0.4) is 0 Å². The molecule has 0 radical (unpaired) electrons. The number of nitrogens with zero attached hydrogens (tertiary/aromatic N) is 3. The molecule has 5 heteroatoms. The second-order valence-corrected chi connectivity index (χ2v) is 6.97. The van der Waals surface area contributed by atoms with Crippen molar-refractivity contribution in [2.24, 2.45) is 0 Å². The molecule has 0 saturated carbocycles. The van der Waals surface area contributed by atoms with E-state index in [0.29, 0.717) is 5.56 Å². The average Bonchev–Trinajstić information content (AvgIpc) is 2.76. The third-order valence-electron chi connectivity index (χ3n) is 4.98. The number of aromatic nitrogens is 1. The first-order valence-corrected chi connectivity index (χ1v) is 9.61. The molecule has 28 heavy (non-hydrogen) atoms. The van der Waals surface area contributed by atoms with Gasteiger partial charge in [-0.15, -0.1) is 0 Å². The fraction of sp³-hybridized carbons (Fsp3) is 0.217. The van der Waals surface area contributed by atoms with Crippen LogP contribution in [0.1, 0.15) is 15.9 Å². The highest BCUT2D eigenvalue weighted by Gasteiger charge is 2.19. The Kier molecular flexibility index (Phi) is 5.64. The number of amides is 1. The van der Waals surface area contributed by atoms with Gasteiger partial charge in [-0.25, -0.2) is 4.98 Å². The molecule has 0 aliphatic carbocycles. The molecule has 1 amide bonds. The summed E-state index contributed by atoms with van der Waals surface area (Å²) in [6.07, 6.45) is 1.71. The summed E-state index contributed by atoms with van der Waals surface area (Å²) in [4.78, 5) is 21.7. The number of hydrogen-bond acceptors (Lipinski definition) is 4. The summed E-state index contributed by atoms with van der Waals surface area (Å²) >= 11 is 0. The van der Waals surface area contributed by atoms with E-state index in [1.165, 1.54) is 5.56 Å². The third kappa shape index (κ3) is 4.56. The zero-order valence-corrected chi connectivity index (χ0v) is 15.8. The van der Waals surface area contributed by atoms with Crippen LogP contribution in [-0.4, -0.2) is 42.0 Å². The van der Waals surface area contributed by atoms with E-state index in [0.717, 1.165) is 44.2 Å². The Bertz CT molecular complexity index is 906. The smallest absolute Gasteiger partial charge is 0.255 e. The number of pyridine rings is 1. The number of piperazine rings is 1. The highest BCUT2D eigenvalue weighted by molar-refractivity contribution is 6.04. The number of nitrogens with one attached hydrogen (secondary N) is 1. The van der Waals surface area contributed by atoms with Crippen LogP contribution in [0.15, 0.2) is 79.0 Å². The molecule has 1 aromatic heterocycles. The molecule has 0 bridgehead atoms. The lowest BCUT2D eigenvalue weighted by atomic mass is 10.2. The van der Waals surface area contributed by atoms with Crippen LogP contribution < -0.4 is 10.2 Å². The number of hydrogen-bond donors (Lipinski definition) is 1. The quantitative estimate of drug-likeness (QED) is 0.743. The maximum atomic E-state index is 12.5. The summed E-state index contributed by atoms with van der Waals surface area (Å²) in [6, 6.07) is 23.7. The van der Waals surface area contributed by atoms with Gasteiger partial charge in [-0.3, -0.25) is 9.69 Å². The van der Waals surface area contributed by atoms with E-state index in [2.05, 4.69) is 44.4 Å². The molecule has 0 unspecified atom stereocenters. The molecule has 0 spiro atoms. The fourth-order valence-corrected chi connectivity index (χ4v) is 3.43. The molecule has 5 nitrogen and oxygen atoms in total. The number of carbonyl (C=O) groups excluding carboxylic acids is 1. The van der Waals surface area contributed by atoms with Gasteiger partial charge in [-0.05, 0) is 29.8 Å². The molecule has 1 aliphatic heterocycles. The molecule has 3 aromatic rings. The van der Waals surface area contributed by atoms with Crippen LogP contribution >= 0.6 is 0 Å². The van der Waals surface area contributed by atoms with E-state index in [-0.39, 0.29) is 5.91 Å². The Balaban J connectivity index is 1.36. The van der Waals surface area contributed by atoms with Crippen molar-refractivity contribution in [3.05, 3.63) is 90.1 Å². The van der Waals surface area contributed by atoms with E-state index < -0.39 is 0 Å². The van der Waals surface area contributed by atoms with Crippen molar-refractivity contribution in [1.82, 2.24) is 9.88 Å². The molecule has 4 rings (SSSR count). The van der Waals surface area contributed by atoms with Crippen LogP contribution in [-0.2, 0) is 6.54 Å². The topological polar surface area (TPSA) is 48.5 Å². The SMILES string of the molecule is O=C(Nc1ccccc1)c1ccnc(N2CCN(Cc3ccccc3)CC2)c1. The Hall–Kier alpha value is -3.18. The Morgan fingerprint density at radius 2 is 1.57 bits per heavy atom.